The zero-order valence-electron chi connectivity index (χ0n) is 10.3. The van der Waals surface area contributed by atoms with E-state index in [0.717, 1.165) is 19.3 Å². The van der Waals surface area contributed by atoms with Crippen molar-refractivity contribution in [2.45, 2.75) is 45.1 Å². The van der Waals surface area contributed by atoms with E-state index in [-0.39, 0.29) is 24.5 Å². The van der Waals surface area contributed by atoms with Crippen LogP contribution < -0.4 is 5.32 Å². The van der Waals surface area contributed by atoms with E-state index in [9.17, 15) is 9.59 Å². The number of nitrogens with one attached hydrogen (secondary N) is 1. The van der Waals surface area contributed by atoms with Crippen LogP contribution >= 0.6 is 0 Å². The Bertz CT molecular complexity index is 259. The third kappa shape index (κ3) is 5.17. The second-order valence-electron chi connectivity index (χ2n) is 4.47. The number of carboxylic acid groups (broad SMARTS) is 1. The molecule has 0 atom stereocenters. The lowest BCUT2D eigenvalue weighted by molar-refractivity contribution is -0.144. The summed E-state index contributed by atoms with van der Waals surface area (Å²) in [7, 11) is 0. The van der Waals surface area contributed by atoms with Crippen molar-refractivity contribution >= 4 is 11.9 Å². The molecule has 0 radical (unpaired) electrons. The van der Waals surface area contributed by atoms with Crippen molar-refractivity contribution in [3.63, 3.8) is 0 Å². The van der Waals surface area contributed by atoms with Crippen molar-refractivity contribution in [2.24, 2.45) is 5.92 Å². The molecule has 0 bridgehead atoms. The summed E-state index contributed by atoms with van der Waals surface area (Å²) in [5, 5.41) is 11.6. The molecule has 2 N–H and O–H groups in total. The first-order valence-electron chi connectivity index (χ1n) is 6.24. The van der Waals surface area contributed by atoms with Gasteiger partial charge in [0.05, 0.1) is 12.0 Å². The van der Waals surface area contributed by atoms with Gasteiger partial charge in [-0.25, -0.2) is 0 Å². The largest absolute Gasteiger partial charge is 0.481 e. The highest BCUT2D eigenvalue weighted by Gasteiger charge is 2.26. The summed E-state index contributed by atoms with van der Waals surface area (Å²) in [4.78, 5) is 22.0. The Labute approximate surface area is 102 Å². The van der Waals surface area contributed by atoms with Crippen molar-refractivity contribution in [3.05, 3.63) is 0 Å². The summed E-state index contributed by atoms with van der Waals surface area (Å²) in [6.07, 6.45) is 3.72. The van der Waals surface area contributed by atoms with E-state index < -0.39 is 5.97 Å². The number of rotatable bonds is 6. The first-order valence-corrected chi connectivity index (χ1v) is 6.24. The number of carbonyl (C=O) groups excluding carboxylic acids is 1. The van der Waals surface area contributed by atoms with Crippen LogP contribution in [0.4, 0.5) is 0 Å². The summed E-state index contributed by atoms with van der Waals surface area (Å²) >= 11 is 0. The lowest BCUT2D eigenvalue weighted by atomic mass is 9.87. The second kappa shape index (κ2) is 7.27. The minimum Gasteiger partial charge on any atom is -0.481 e. The molecule has 0 unspecified atom stereocenters. The molecule has 0 aliphatic heterocycles. The number of hydrogen-bond donors (Lipinski definition) is 2. The molecule has 1 amide bonds. The van der Waals surface area contributed by atoms with E-state index in [1.54, 1.807) is 0 Å². The van der Waals surface area contributed by atoms with E-state index in [2.05, 4.69) is 5.32 Å². The van der Waals surface area contributed by atoms with Crippen LogP contribution in [0.25, 0.3) is 0 Å². The van der Waals surface area contributed by atoms with E-state index in [1.807, 2.05) is 6.92 Å². The molecule has 0 aromatic rings. The van der Waals surface area contributed by atoms with Crippen LogP contribution in [0.15, 0.2) is 0 Å². The van der Waals surface area contributed by atoms with Crippen molar-refractivity contribution < 1.29 is 19.4 Å². The predicted octanol–water partition coefficient (Wildman–Crippen LogP) is 1.17. The van der Waals surface area contributed by atoms with Gasteiger partial charge < -0.3 is 15.2 Å². The van der Waals surface area contributed by atoms with Crippen molar-refractivity contribution in [1.82, 2.24) is 5.32 Å². The van der Waals surface area contributed by atoms with Crippen LogP contribution in [0.3, 0.4) is 0 Å². The molecular formula is C12H21NO4. The zero-order chi connectivity index (χ0) is 12.7. The number of hydrogen-bond acceptors (Lipinski definition) is 3. The molecule has 98 valence electrons. The first kappa shape index (κ1) is 14.0. The number of amides is 1. The fourth-order valence-electron chi connectivity index (χ4n) is 1.99. The topological polar surface area (TPSA) is 75.6 Å². The fraction of sp³-hybridized carbons (Fsp3) is 0.833. The normalized spacial score (nSPS) is 24.3. The minimum absolute atomic E-state index is 0.0398. The first-order chi connectivity index (χ1) is 8.13. The van der Waals surface area contributed by atoms with Crippen LogP contribution in [0.1, 0.15) is 39.0 Å². The Balaban J connectivity index is 2.14. The molecule has 1 fully saturated rings. The SMILES string of the molecule is CCCNC(=O)COC1CCC(C(=O)O)CC1. The highest BCUT2D eigenvalue weighted by Crippen LogP contribution is 2.26. The highest BCUT2D eigenvalue weighted by molar-refractivity contribution is 5.77. The standard InChI is InChI=1S/C12H21NO4/c1-2-7-13-11(14)8-17-10-5-3-9(4-6-10)12(15)16/h9-10H,2-8H2,1H3,(H,13,14)(H,15,16). The summed E-state index contributed by atoms with van der Waals surface area (Å²) in [6.45, 7) is 2.75. The van der Waals surface area contributed by atoms with Gasteiger partial charge in [0.15, 0.2) is 0 Å². The maximum atomic E-state index is 11.3. The molecule has 5 nitrogen and oxygen atoms in total. The van der Waals surface area contributed by atoms with Crippen LogP contribution in [0, 0.1) is 5.92 Å². The summed E-state index contributed by atoms with van der Waals surface area (Å²) < 4.78 is 5.46. The number of ether oxygens (including phenoxy) is 1. The molecule has 5 heteroatoms. The lowest BCUT2D eigenvalue weighted by Crippen LogP contribution is -2.32. The van der Waals surface area contributed by atoms with Crippen LogP contribution in [0.2, 0.25) is 0 Å². The van der Waals surface area contributed by atoms with E-state index in [4.69, 9.17) is 9.84 Å². The van der Waals surface area contributed by atoms with Crippen LogP contribution in [-0.2, 0) is 14.3 Å². The van der Waals surface area contributed by atoms with Gasteiger partial charge in [-0.1, -0.05) is 6.92 Å². The molecular weight excluding hydrogens is 222 g/mol. The third-order valence-electron chi connectivity index (χ3n) is 3.05. The van der Waals surface area contributed by atoms with Gasteiger partial charge in [0.2, 0.25) is 5.91 Å². The molecule has 0 aromatic heterocycles. The monoisotopic (exact) mass is 243 g/mol. The van der Waals surface area contributed by atoms with E-state index in [1.165, 1.54) is 0 Å². The van der Waals surface area contributed by atoms with Gasteiger partial charge in [0.25, 0.3) is 0 Å². The zero-order valence-corrected chi connectivity index (χ0v) is 10.3. The quantitative estimate of drug-likeness (QED) is 0.734. The number of carbonyl (C=O) groups is 2. The Hall–Kier alpha value is -1.10. The van der Waals surface area contributed by atoms with Crippen molar-refractivity contribution in [3.8, 4) is 0 Å². The fourth-order valence-corrected chi connectivity index (χ4v) is 1.99. The number of carboxylic acids is 1. The second-order valence-corrected chi connectivity index (χ2v) is 4.47. The van der Waals surface area contributed by atoms with Gasteiger partial charge in [-0.15, -0.1) is 0 Å². The average Bonchev–Trinajstić information content (AvgIpc) is 2.34. The van der Waals surface area contributed by atoms with Crippen LogP contribution in [-0.4, -0.2) is 36.2 Å². The number of aliphatic carboxylic acids is 1. The molecule has 0 heterocycles. The summed E-state index contributed by atoms with van der Waals surface area (Å²) in [5.74, 6) is -1.04. The smallest absolute Gasteiger partial charge is 0.306 e. The Morgan fingerprint density at radius 1 is 1.29 bits per heavy atom. The van der Waals surface area contributed by atoms with Gasteiger partial charge in [-0.2, -0.15) is 0 Å². The molecule has 1 saturated carbocycles. The van der Waals surface area contributed by atoms with Crippen LogP contribution in [0.5, 0.6) is 0 Å². The highest BCUT2D eigenvalue weighted by atomic mass is 16.5. The molecule has 0 saturated heterocycles. The average molecular weight is 243 g/mol. The molecule has 0 spiro atoms. The molecule has 1 aliphatic rings. The Morgan fingerprint density at radius 3 is 2.47 bits per heavy atom. The Morgan fingerprint density at radius 2 is 1.94 bits per heavy atom. The molecule has 1 rings (SSSR count). The van der Waals surface area contributed by atoms with Gasteiger partial charge in [-0.3, -0.25) is 9.59 Å². The third-order valence-corrected chi connectivity index (χ3v) is 3.05. The maximum Gasteiger partial charge on any atom is 0.306 e. The van der Waals surface area contributed by atoms with E-state index >= 15 is 0 Å². The van der Waals surface area contributed by atoms with Gasteiger partial charge in [0.1, 0.15) is 6.61 Å². The molecule has 0 aromatic carbocycles. The van der Waals surface area contributed by atoms with Gasteiger partial charge >= 0.3 is 5.97 Å². The Kier molecular flexibility index (Phi) is 5.97. The van der Waals surface area contributed by atoms with Gasteiger partial charge in [0, 0.05) is 6.54 Å². The van der Waals surface area contributed by atoms with E-state index in [0.29, 0.717) is 19.4 Å². The summed E-state index contributed by atoms with van der Waals surface area (Å²) in [6, 6.07) is 0. The van der Waals surface area contributed by atoms with Crippen molar-refractivity contribution in [2.75, 3.05) is 13.2 Å². The predicted molar refractivity (Wildman–Crippen MR) is 62.6 cm³/mol. The minimum atomic E-state index is -0.718. The molecule has 1 aliphatic carbocycles. The molecule has 17 heavy (non-hydrogen) atoms. The van der Waals surface area contributed by atoms with Crippen molar-refractivity contribution in [1.29, 1.82) is 0 Å². The maximum absolute atomic E-state index is 11.3. The summed E-state index contributed by atoms with van der Waals surface area (Å²) in [5.41, 5.74) is 0. The van der Waals surface area contributed by atoms with Gasteiger partial charge in [-0.05, 0) is 32.1 Å². The lowest BCUT2D eigenvalue weighted by Gasteiger charge is -2.25.